The summed E-state index contributed by atoms with van der Waals surface area (Å²) in [6, 6.07) is 2.54. The second kappa shape index (κ2) is 5.61. The van der Waals surface area contributed by atoms with Crippen LogP contribution in [0.1, 0.15) is 35.8 Å². The van der Waals surface area contributed by atoms with Crippen molar-refractivity contribution in [3.05, 3.63) is 23.5 Å². The molecule has 2 aliphatic heterocycles. The third-order valence-corrected chi connectivity index (χ3v) is 4.62. The highest BCUT2D eigenvalue weighted by Crippen LogP contribution is 2.27. The fourth-order valence-electron chi connectivity index (χ4n) is 3.47. The minimum Gasteiger partial charge on any atom is -0.333 e. The molecule has 2 unspecified atom stereocenters. The van der Waals surface area contributed by atoms with Crippen LogP contribution in [0, 0.1) is 6.92 Å². The van der Waals surface area contributed by atoms with Gasteiger partial charge in [0.2, 0.25) is 0 Å². The molecular formula is C15H23N5O. The molecule has 0 bridgehead atoms. The molecule has 0 radical (unpaired) electrons. The third kappa shape index (κ3) is 2.61. The monoisotopic (exact) mass is 289 g/mol. The first kappa shape index (κ1) is 14.3. The Kier molecular flexibility index (Phi) is 3.82. The van der Waals surface area contributed by atoms with E-state index in [-0.39, 0.29) is 11.9 Å². The standard InChI is InChI=1S/C15H23N5O/c1-10-6-14(18-16)13(7-17-10)15(21)20-9-12-4-3-5-19(12)8-11(20)2/h6-7,11-12H,3-5,8-9,16H2,1-2H3,(H,17,18). The first-order valence-electron chi connectivity index (χ1n) is 7.58. The van der Waals surface area contributed by atoms with Gasteiger partial charge in [-0.2, -0.15) is 0 Å². The van der Waals surface area contributed by atoms with Crippen LogP contribution in [-0.2, 0) is 0 Å². The molecule has 114 valence electrons. The van der Waals surface area contributed by atoms with Gasteiger partial charge in [-0.25, -0.2) is 0 Å². The number of carbonyl (C=O) groups is 1. The highest BCUT2D eigenvalue weighted by Gasteiger charge is 2.37. The Labute approximate surface area is 125 Å². The van der Waals surface area contributed by atoms with Gasteiger partial charge in [-0.3, -0.25) is 20.5 Å². The van der Waals surface area contributed by atoms with Gasteiger partial charge < -0.3 is 10.3 Å². The van der Waals surface area contributed by atoms with Crippen LogP contribution in [-0.4, -0.2) is 52.4 Å². The van der Waals surface area contributed by atoms with Gasteiger partial charge in [0.1, 0.15) is 0 Å². The topological polar surface area (TPSA) is 74.5 Å². The molecule has 1 aromatic heterocycles. The van der Waals surface area contributed by atoms with Gasteiger partial charge in [-0.15, -0.1) is 0 Å². The van der Waals surface area contributed by atoms with Crippen molar-refractivity contribution in [1.82, 2.24) is 14.8 Å². The molecule has 6 heteroatoms. The number of aryl methyl sites for hydroxylation is 1. The second-order valence-corrected chi connectivity index (χ2v) is 6.11. The Bertz CT molecular complexity index is 547. The molecule has 1 amide bonds. The molecule has 2 fully saturated rings. The predicted molar refractivity (Wildman–Crippen MR) is 81.9 cm³/mol. The maximum absolute atomic E-state index is 12.9. The number of rotatable bonds is 2. The zero-order chi connectivity index (χ0) is 15.0. The molecule has 0 spiro atoms. The summed E-state index contributed by atoms with van der Waals surface area (Å²) >= 11 is 0. The van der Waals surface area contributed by atoms with Crippen molar-refractivity contribution in [2.45, 2.75) is 38.8 Å². The Morgan fingerprint density at radius 3 is 3.05 bits per heavy atom. The SMILES string of the molecule is Cc1cc(NN)c(C(=O)N2CC3CCCN3CC2C)cn1. The number of amides is 1. The van der Waals surface area contributed by atoms with E-state index in [1.54, 1.807) is 6.20 Å². The number of nitrogens with zero attached hydrogens (tertiary/aromatic N) is 3. The Morgan fingerprint density at radius 1 is 1.48 bits per heavy atom. The van der Waals surface area contributed by atoms with Crippen molar-refractivity contribution in [2.75, 3.05) is 25.1 Å². The van der Waals surface area contributed by atoms with Crippen LogP contribution in [0.2, 0.25) is 0 Å². The Hall–Kier alpha value is -1.66. The number of hydrazine groups is 1. The summed E-state index contributed by atoms with van der Waals surface area (Å²) < 4.78 is 0. The van der Waals surface area contributed by atoms with Crippen LogP contribution in [0.25, 0.3) is 0 Å². The van der Waals surface area contributed by atoms with Crippen molar-refractivity contribution in [3.63, 3.8) is 0 Å². The van der Waals surface area contributed by atoms with Crippen molar-refractivity contribution < 1.29 is 4.79 Å². The largest absolute Gasteiger partial charge is 0.333 e. The fraction of sp³-hybridized carbons (Fsp3) is 0.600. The third-order valence-electron chi connectivity index (χ3n) is 4.62. The smallest absolute Gasteiger partial charge is 0.257 e. The number of hydrogen-bond acceptors (Lipinski definition) is 5. The Morgan fingerprint density at radius 2 is 2.29 bits per heavy atom. The zero-order valence-corrected chi connectivity index (χ0v) is 12.7. The maximum Gasteiger partial charge on any atom is 0.257 e. The Balaban J connectivity index is 1.84. The minimum absolute atomic E-state index is 0.0227. The first-order valence-corrected chi connectivity index (χ1v) is 7.58. The van der Waals surface area contributed by atoms with E-state index in [9.17, 15) is 4.79 Å². The normalized spacial score (nSPS) is 25.8. The highest BCUT2D eigenvalue weighted by atomic mass is 16.2. The summed E-state index contributed by atoms with van der Waals surface area (Å²) in [6.45, 7) is 6.93. The molecule has 0 saturated carbocycles. The van der Waals surface area contributed by atoms with Crippen molar-refractivity contribution >= 4 is 11.6 Å². The first-order chi connectivity index (χ1) is 10.1. The highest BCUT2D eigenvalue weighted by molar-refractivity contribution is 5.99. The van der Waals surface area contributed by atoms with E-state index in [4.69, 9.17) is 5.84 Å². The molecule has 2 atom stereocenters. The van der Waals surface area contributed by atoms with Crippen LogP contribution in [0.15, 0.2) is 12.3 Å². The molecule has 3 heterocycles. The second-order valence-electron chi connectivity index (χ2n) is 6.11. The molecule has 21 heavy (non-hydrogen) atoms. The summed E-state index contributed by atoms with van der Waals surface area (Å²) in [7, 11) is 0. The number of nitrogens with one attached hydrogen (secondary N) is 1. The van der Waals surface area contributed by atoms with E-state index in [1.165, 1.54) is 19.4 Å². The zero-order valence-electron chi connectivity index (χ0n) is 12.7. The van der Waals surface area contributed by atoms with E-state index < -0.39 is 0 Å². The summed E-state index contributed by atoms with van der Waals surface area (Å²) in [4.78, 5) is 21.6. The number of piperazine rings is 1. The van der Waals surface area contributed by atoms with E-state index in [1.807, 2.05) is 17.9 Å². The van der Waals surface area contributed by atoms with Crippen molar-refractivity contribution in [3.8, 4) is 0 Å². The van der Waals surface area contributed by atoms with E-state index in [0.717, 1.165) is 18.8 Å². The van der Waals surface area contributed by atoms with Gasteiger partial charge in [-0.1, -0.05) is 0 Å². The van der Waals surface area contributed by atoms with Crippen LogP contribution < -0.4 is 11.3 Å². The van der Waals surface area contributed by atoms with Crippen molar-refractivity contribution in [2.24, 2.45) is 5.84 Å². The minimum atomic E-state index is 0.0227. The number of nitrogens with two attached hydrogens (primary N) is 1. The molecule has 1 aromatic rings. The lowest BCUT2D eigenvalue weighted by Crippen LogP contribution is -2.56. The molecular weight excluding hydrogens is 266 g/mol. The fourth-order valence-corrected chi connectivity index (χ4v) is 3.47. The van der Waals surface area contributed by atoms with Gasteiger partial charge in [0, 0.05) is 37.1 Å². The lowest BCUT2D eigenvalue weighted by atomic mass is 10.1. The molecule has 6 nitrogen and oxygen atoms in total. The molecule has 2 saturated heterocycles. The van der Waals surface area contributed by atoms with Crippen LogP contribution in [0.4, 0.5) is 5.69 Å². The molecule has 2 aliphatic rings. The molecule has 0 aliphatic carbocycles. The van der Waals surface area contributed by atoms with E-state index in [0.29, 0.717) is 17.3 Å². The number of aromatic nitrogens is 1. The number of fused-ring (bicyclic) bond motifs is 1. The molecule has 3 N–H and O–H groups in total. The average molecular weight is 289 g/mol. The average Bonchev–Trinajstić information content (AvgIpc) is 2.92. The van der Waals surface area contributed by atoms with Gasteiger partial charge in [-0.05, 0) is 39.3 Å². The summed E-state index contributed by atoms with van der Waals surface area (Å²) in [5, 5.41) is 0. The molecule has 3 rings (SSSR count). The predicted octanol–water partition coefficient (Wildman–Crippen LogP) is 0.984. The van der Waals surface area contributed by atoms with Gasteiger partial charge in [0.05, 0.1) is 11.3 Å². The summed E-state index contributed by atoms with van der Waals surface area (Å²) in [5.41, 5.74) is 4.66. The van der Waals surface area contributed by atoms with Gasteiger partial charge >= 0.3 is 0 Å². The lowest BCUT2D eigenvalue weighted by molar-refractivity contribution is 0.0396. The number of hydrogen-bond donors (Lipinski definition) is 2. The summed E-state index contributed by atoms with van der Waals surface area (Å²) in [6.07, 6.45) is 4.05. The lowest BCUT2D eigenvalue weighted by Gasteiger charge is -2.42. The van der Waals surface area contributed by atoms with Crippen LogP contribution in [0.5, 0.6) is 0 Å². The van der Waals surface area contributed by atoms with Crippen LogP contribution >= 0.6 is 0 Å². The van der Waals surface area contributed by atoms with Crippen LogP contribution in [0.3, 0.4) is 0 Å². The van der Waals surface area contributed by atoms with Crippen molar-refractivity contribution in [1.29, 1.82) is 0 Å². The number of nitrogen functional groups attached to an aromatic ring is 1. The van der Waals surface area contributed by atoms with Gasteiger partial charge in [0.25, 0.3) is 5.91 Å². The maximum atomic E-state index is 12.9. The number of pyridine rings is 1. The quantitative estimate of drug-likeness (QED) is 0.627. The van der Waals surface area contributed by atoms with E-state index >= 15 is 0 Å². The van der Waals surface area contributed by atoms with Gasteiger partial charge in [0.15, 0.2) is 0 Å². The molecule has 0 aromatic carbocycles. The van der Waals surface area contributed by atoms with E-state index in [2.05, 4.69) is 22.2 Å². The number of anilines is 1. The summed E-state index contributed by atoms with van der Waals surface area (Å²) in [5.74, 6) is 5.57. The number of carbonyl (C=O) groups excluding carboxylic acids is 1.